The van der Waals surface area contributed by atoms with E-state index in [4.69, 9.17) is 0 Å². The average molecular weight is 323 g/mol. The number of hydrogen-bond acceptors (Lipinski definition) is 2. The van der Waals surface area contributed by atoms with Gasteiger partial charge in [-0.05, 0) is 0 Å². The van der Waals surface area contributed by atoms with Crippen molar-refractivity contribution in [3.8, 4) is 0 Å². The molecule has 0 aliphatic rings. The summed E-state index contributed by atoms with van der Waals surface area (Å²) in [5.74, 6) is 0. The van der Waals surface area contributed by atoms with Crippen LogP contribution in [0.5, 0.6) is 0 Å². The average Bonchev–Trinajstić information content (AvgIpc) is 2.56. The summed E-state index contributed by atoms with van der Waals surface area (Å²) < 4.78 is 16.2. The van der Waals surface area contributed by atoms with Crippen molar-refractivity contribution in [1.29, 1.82) is 0 Å². The maximum absolute atomic E-state index is 13.8. The molecule has 0 N–H and O–H groups in total. The third-order valence-electron chi connectivity index (χ3n) is 3.21. The molecule has 0 saturated heterocycles. The first-order valence-corrected chi connectivity index (χ1v) is 10.0. The first-order chi connectivity index (χ1) is 9.82. The van der Waals surface area contributed by atoms with E-state index in [1.54, 1.807) is 6.20 Å². The molecule has 3 rings (SSSR count). The number of pyridine rings is 1. The van der Waals surface area contributed by atoms with Crippen molar-refractivity contribution in [2.45, 2.75) is 0 Å². The van der Waals surface area contributed by atoms with Gasteiger partial charge in [0, 0.05) is 0 Å². The third-order valence-corrected chi connectivity index (χ3v) is 9.42. The molecule has 2 nitrogen and oxygen atoms in total. The SMILES string of the molecule is O=[As](c1ccccc1)(c1ccccc1)c1ccccn1. The van der Waals surface area contributed by atoms with Gasteiger partial charge in [0.25, 0.3) is 0 Å². The molecule has 0 spiro atoms. The topological polar surface area (TPSA) is 30.0 Å². The Balaban J connectivity index is 2.27. The summed E-state index contributed by atoms with van der Waals surface area (Å²) in [6.45, 7) is 0. The summed E-state index contributed by atoms with van der Waals surface area (Å²) in [5.41, 5.74) is 0. The van der Waals surface area contributed by atoms with Crippen molar-refractivity contribution in [1.82, 2.24) is 4.98 Å². The van der Waals surface area contributed by atoms with Crippen LogP contribution in [0.2, 0.25) is 0 Å². The summed E-state index contributed by atoms with van der Waals surface area (Å²) in [4.78, 5) is 4.37. The Labute approximate surface area is 120 Å². The fourth-order valence-corrected chi connectivity index (χ4v) is 7.55. The molecule has 98 valence electrons. The van der Waals surface area contributed by atoms with Crippen LogP contribution >= 0.6 is 0 Å². The van der Waals surface area contributed by atoms with Crippen LogP contribution in [0.1, 0.15) is 0 Å². The van der Waals surface area contributed by atoms with E-state index < -0.39 is 13.5 Å². The van der Waals surface area contributed by atoms with Gasteiger partial charge in [0.15, 0.2) is 0 Å². The van der Waals surface area contributed by atoms with E-state index in [-0.39, 0.29) is 0 Å². The van der Waals surface area contributed by atoms with Crippen LogP contribution in [-0.2, 0) is 3.74 Å². The summed E-state index contributed by atoms with van der Waals surface area (Å²) in [5, 5.41) is 0. The number of nitrogens with zero attached hydrogens (tertiary/aromatic N) is 1. The molecule has 1 heterocycles. The van der Waals surface area contributed by atoms with Crippen LogP contribution in [0.15, 0.2) is 85.1 Å². The molecule has 0 aliphatic heterocycles. The Bertz CT molecular complexity index is 623. The van der Waals surface area contributed by atoms with Gasteiger partial charge in [-0.3, -0.25) is 0 Å². The fourth-order valence-electron chi connectivity index (χ4n) is 2.23. The minimum atomic E-state index is -3.66. The zero-order valence-corrected chi connectivity index (χ0v) is 12.8. The van der Waals surface area contributed by atoms with Crippen LogP contribution in [0, 0.1) is 0 Å². The zero-order valence-electron chi connectivity index (χ0n) is 10.9. The van der Waals surface area contributed by atoms with Gasteiger partial charge < -0.3 is 0 Å². The molecule has 2 aromatic carbocycles. The minimum absolute atomic E-state index is 0.683. The van der Waals surface area contributed by atoms with Crippen LogP contribution in [0.3, 0.4) is 0 Å². The molecule has 0 fully saturated rings. The molecular weight excluding hydrogens is 309 g/mol. The summed E-state index contributed by atoms with van der Waals surface area (Å²) in [6, 6.07) is 24.9. The molecule has 1 aromatic heterocycles. The molecule has 0 bridgehead atoms. The van der Waals surface area contributed by atoms with Gasteiger partial charge in [-0.25, -0.2) is 0 Å². The second-order valence-electron chi connectivity index (χ2n) is 4.47. The Hall–Kier alpha value is -2.05. The van der Waals surface area contributed by atoms with Gasteiger partial charge in [0.1, 0.15) is 0 Å². The molecule has 0 radical (unpaired) electrons. The Morgan fingerprint density at radius 1 is 0.650 bits per heavy atom. The molecule has 3 aromatic rings. The molecule has 20 heavy (non-hydrogen) atoms. The van der Waals surface area contributed by atoms with Crippen molar-refractivity contribution in [2.75, 3.05) is 0 Å². The molecule has 0 aliphatic carbocycles. The van der Waals surface area contributed by atoms with Crippen molar-refractivity contribution in [2.24, 2.45) is 0 Å². The van der Waals surface area contributed by atoms with Gasteiger partial charge in [-0.15, -0.1) is 0 Å². The van der Waals surface area contributed by atoms with E-state index >= 15 is 0 Å². The number of rotatable bonds is 3. The van der Waals surface area contributed by atoms with E-state index in [2.05, 4.69) is 4.98 Å². The molecule has 0 atom stereocenters. The first kappa shape index (κ1) is 13.0. The van der Waals surface area contributed by atoms with Gasteiger partial charge in [-0.2, -0.15) is 0 Å². The Kier molecular flexibility index (Phi) is 3.58. The van der Waals surface area contributed by atoms with Crippen molar-refractivity contribution in [3.63, 3.8) is 0 Å². The van der Waals surface area contributed by atoms with E-state index in [1.807, 2.05) is 78.9 Å². The fraction of sp³-hybridized carbons (Fsp3) is 0. The van der Waals surface area contributed by atoms with E-state index in [0.29, 0.717) is 4.48 Å². The Morgan fingerprint density at radius 2 is 1.15 bits per heavy atom. The molecular formula is C17H14AsNO. The Morgan fingerprint density at radius 3 is 1.60 bits per heavy atom. The van der Waals surface area contributed by atoms with Crippen molar-refractivity contribution >= 4 is 26.7 Å². The number of benzene rings is 2. The summed E-state index contributed by atoms with van der Waals surface area (Å²) >= 11 is -3.66. The maximum atomic E-state index is 13.8. The second kappa shape index (κ2) is 5.52. The van der Waals surface area contributed by atoms with E-state index in [1.165, 1.54) is 0 Å². The molecule has 0 saturated carbocycles. The molecule has 0 unspecified atom stereocenters. The second-order valence-corrected chi connectivity index (χ2v) is 10.2. The third kappa shape index (κ3) is 2.23. The van der Waals surface area contributed by atoms with Crippen LogP contribution in [-0.4, -0.2) is 18.5 Å². The molecule has 0 amide bonds. The van der Waals surface area contributed by atoms with Gasteiger partial charge in [0.05, 0.1) is 0 Å². The van der Waals surface area contributed by atoms with Gasteiger partial charge >= 0.3 is 120 Å². The number of aromatic nitrogens is 1. The van der Waals surface area contributed by atoms with Gasteiger partial charge in [0.2, 0.25) is 0 Å². The van der Waals surface area contributed by atoms with Gasteiger partial charge in [-0.1, -0.05) is 0 Å². The van der Waals surface area contributed by atoms with Crippen LogP contribution in [0.25, 0.3) is 0 Å². The number of hydrogen-bond donors (Lipinski definition) is 0. The van der Waals surface area contributed by atoms with E-state index in [9.17, 15) is 3.74 Å². The zero-order chi connectivity index (χ0) is 13.8. The van der Waals surface area contributed by atoms with Crippen molar-refractivity contribution < 1.29 is 3.74 Å². The quantitative estimate of drug-likeness (QED) is 0.684. The van der Waals surface area contributed by atoms with Crippen LogP contribution in [0.4, 0.5) is 0 Å². The summed E-state index contributed by atoms with van der Waals surface area (Å²) in [6.07, 6.45) is 1.70. The monoisotopic (exact) mass is 323 g/mol. The van der Waals surface area contributed by atoms with E-state index in [0.717, 1.165) is 8.70 Å². The predicted octanol–water partition coefficient (Wildman–Crippen LogP) is 1.48. The summed E-state index contributed by atoms with van der Waals surface area (Å²) in [7, 11) is 0. The normalized spacial score (nSPS) is 11.2. The van der Waals surface area contributed by atoms with Crippen molar-refractivity contribution in [3.05, 3.63) is 85.1 Å². The molecule has 3 heteroatoms. The first-order valence-electron chi connectivity index (χ1n) is 6.45. The van der Waals surface area contributed by atoms with Crippen LogP contribution < -0.4 is 13.2 Å². The standard InChI is InChI=1S/C17H14AsNO/c20-18(15-9-3-1-4-10-15,16-11-5-2-6-12-16)17-13-7-8-14-19-17/h1-14H. The predicted molar refractivity (Wildman–Crippen MR) is 82.5 cm³/mol.